The standard InChI is InChI=1S/C9H12N4O2/c10-7-3-4-8(12-11-7)15-9(14)13-5-1-2-6-13/h3-4H,1-2,5-6H2,(H2,10,11). The number of ether oxygens (including phenoxy) is 1. The van der Waals surface area contributed by atoms with Crippen LogP contribution in [0.1, 0.15) is 12.8 Å². The number of carbonyl (C=O) groups is 1. The smallest absolute Gasteiger partial charge is 0.389 e. The third-order valence-corrected chi connectivity index (χ3v) is 2.22. The van der Waals surface area contributed by atoms with Gasteiger partial charge in [-0.3, -0.25) is 0 Å². The average Bonchev–Trinajstić information content (AvgIpc) is 2.74. The van der Waals surface area contributed by atoms with Crippen molar-refractivity contribution in [1.82, 2.24) is 15.1 Å². The number of hydrogen-bond donors (Lipinski definition) is 1. The molecule has 0 unspecified atom stereocenters. The lowest BCUT2D eigenvalue weighted by atomic mass is 10.4. The minimum absolute atomic E-state index is 0.182. The van der Waals surface area contributed by atoms with Crippen molar-refractivity contribution in [3.63, 3.8) is 0 Å². The Kier molecular flexibility index (Phi) is 2.66. The lowest BCUT2D eigenvalue weighted by Gasteiger charge is -2.13. The Bertz CT molecular complexity index is 346. The molecule has 1 aliphatic rings. The first-order valence-electron chi connectivity index (χ1n) is 4.82. The molecule has 2 heterocycles. The molecular formula is C9H12N4O2. The summed E-state index contributed by atoms with van der Waals surface area (Å²) >= 11 is 0. The Labute approximate surface area is 87.0 Å². The molecule has 1 fully saturated rings. The lowest BCUT2D eigenvalue weighted by molar-refractivity contribution is 0.160. The maximum atomic E-state index is 11.5. The minimum Gasteiger partial charge on any atom is -0.389 e. The van der Waals surface area contributed by atoms with Crippen LogP contribution in [-0.4, -0.2) is 34.3 Å². The molecule has 1 aromatic rings. The van der Waals surface area contributed by atoms with Crippen LogP contribution in [0, 0.1) is 0 Å². The van der Waals surface area contributed by atoms with Crippen LogP contribution < -0.4 is 10.5 Å². The van der Waals surface area contributed by atoms with Crippen molar-refractivity contribution in [1.29, 1.82) is 0 Å². The molecule has 0 bridgehead atoms. The molecule has 80 valence electrons. The molecule has 1 amide bonds. The number of nitrogens with zero attached hydrogens (tertiary/aromatic N) is 3. The quantitative estimate of drug-likeness (QED) is 0.732. The van der Waals surface area contributed by atoms with Gasteiger partial charge in [0.2, 0.25) is 5.88 Å². The Morgan fingerprint density at radius 1 is 1.33 bits per heavy atom. The largest absolute Gasteiger partial charge is 0.416 e. The Morgan fingerprint density at radius 3 is 2.67 bits per heavy atom. The molecule has 1 aromatic heterocycles. The van der Waals surface area contributed by atoms with E-state index in [0.29, 0.717) is 5.82 Å². The molecule has 6 nitrogen and oxygen atoms in total. The molecule has 2 rings (SSSR count). The van der Waals surface area contributed by atoms with E-state index >= 15 is 0 Å². The van der Waals surface area contributed by atoms with E-state index in [1.807, 2.05) is 0 Å². The number of nitrogens with two attached hydrogens (primary N) is 1. The van der Waals surface area contributed by atoms with E-state index in [-0.39, 0.29) is 12.0 Å². The first-order chi connectivity index (χ1) is 7.25. The monoisotopic (exact) mass is 208 g/mol. The van der Waals surface area contributed by atoms with Crippen LogP contribution in [0.3, 0.4) is 0 Å². The van der Waals surface area contributed by atoms with Gasteiger partial charge in [-0.1, -0.05) is 0 Å². The van der Waals surface area contributed by atoms with Gasteiger partial charge in [-0.05, 0) is 18.9 Å². The first kappa shape index (κ1) is 9.70. The lowest BCUT2D eigenvalue weighted by Crippen LogP contribution is -2.30. The van der Waals surface area contributed by atoms with Crippen LogP contribution in [0.2, 0.25) is 0 Å². The van der Waals surface area contributed by atoms with Crippen LogP contribution in [0.25, 0.3) is 0 Å². The van der Waals surface area contributed by atoms with E-state index < -0.39 is 0 Å². The fraction of sp³-hybridized carbons (Fsp3) is 0.444. The molecule has 0 aliphatic carbocycles. The summed E-state index contributed by atoms with van der Waals surface area (Å²) in [6, 6.07) is 3.07. The second kappa shape index (κ2) is 4.12. The van der Waals surface area contributed by atoms with Gasteiger partial charge in [0.05, 0.1) is 0 Å². The zero-order chi connectivity index (χ0) is 10.7. The van der Waals surface area contributed by atoms with Crippen LogP contribution in [0.15, 0.2) is 12.1 Å². The third-order valence-electron chi connectivity index (χ3n) is 2.22. The number of amides is 1. The SMILES string of the molecule is Nc1ccc(OC(=O)N2CCCC2)nn1. The minimum atomic E-state index is -0.369. The normalized spacial score (nSPS) is 15.3. The Balaban J connectivity index is 1.96. The molecule has 0 aromatic carbocycles. The van der Waals surface area contributed by atoms with E-state index in [9.17, 15) is 4.79 Å². The van der Waals surface area contributed by atoms with Gasteiger partial charge in [-0.25, -0.2) is 4.79 Å². The molecule has 2 N–H and O–H groups in total. The van der Waals surface area contributed by atoms with E-state index in [1.54, 1.807) is 11.0 Å². The molecule has 6 heteroatoms. The molecule has 1 aliphatic heterocycles. The van der Waals surface area contributed by atoms with Gasteiger partial charge in [0.1, 0.15) is 5.82 Å². The number of likely N-dealkylation sites (tertiary alicyclic amines) is 1. The van der Waals surface area contributed by atoms with Crippen molar-refractivity contribution < 1.29 is 9.53 Å². The second-order valence-electron chi connectivity index (χ2n) is 3.36. The molecule has 0 radical (unpaired) electrons. The van der Waals surface area contributed by atoms with Gasteiger partial charge in [0.15, 0.2) is 0 Å². The number of rotatable bonds is 1. The van der Waals surface area contributed by atoms with Crippen molar-refractivity contribution in [2.24, 2.45) is 0 Å². The fourth-order valence-electron chi connectivity index (χ4n) is 1.44. The van der Waals surface area contributed by atoms with Crippen LogP contribution >= 0.6 is 0 Å². The number of anilines is 1. The Hall–Kier alpha value is -1.85. The van der Waals surface area contributed by atoms with Crippen molar-refractivity contribution in [2.75, 3.05) is 18.8 Å². The molecule has 0 spiro atoms. The van der Waals surface area contributed by atoms with Gasteiger partial charge >= 0.3 is 6.09 Å². The summed E-state index contributed by atoms with van der Waals surface area (Å²) in [4.78, 5) is 13.2. The summed E-state index contributed by atoms with van der Waals surface area (Å²) in [5.41, 5.74) is 5.36. The number of nitrogen functional groups attached to an aromatic ring is 1. The zero-order valence-electron chi connectivity index (χ0n) is 8.22. The zero-order valence-corrected chi connectivity index (χ0v) is 8.22. The Morgan fingerprint density at radius 2 is 2.07 bits per heavy atom. The topological polar surface area (TPSA) is 81.3 Å². The molecule has 1 saturated heterocycles. The van der Waals surface area contributed by atoms with E-state index in [2.05, 4.69) is 10.2 Å². The van der Waals surface area contributed by atoms with Crippen LogP contribution in [-0.2, 0) is 0 Å². The summed E-state index contributed by atoms with van der Waals surface area (Å²) in [6.45, 7) is 1.50. The highest BCUT2D eigenvalue weighted by Crippen LogP contribution is 2.12. The maximum Gasteiger partial charge on any atom is 0.416 e. The second-order valence-corrected chi connectivity index (χ2v) is 3.36. The third kappa shape index (κ3) is 2.34. The van der Waals surface area contributed by atoms with Gasteiger partial charge in [-0.15, -0.1) is 10.2 Å². The molecule has 15 heavy (non-hydrogen) atoms. The van der Waals surface area contributed by atoms with Crippen molar-refractivity contribution >= 4 is 11.9 Å². The summed E-state index contributed by atoms with van der Waals surface area (Å²) < 4.78 is 5.01. The summed E-state index contributed by atoms with van der Waals surface area (Å²) in [5.74, 6) is 0.483. The van der Waals surface area contributed by atoms with Crippen LogP contribution in [0.5, 0.6) is 5.88 Å². The van der Waals surface area contributed by atoms with Gasteiger partial charge in [-0.2, -0.15) is 0 Å². The highest BCUT2D eigenvalue weighted by atomic mass is 16.6. The van der Waals surface area contributed by atoms with Gasteiger partial charge in [0.25, 0.3) is 0 Å². The van der Waals surface area contributed by atoms with Crippen molar-refractivity contribution in [2.45, 2.75) is 12.8 Å². The van der Waals surface area contributed by atoms with E-state index in [4.69, 9.17) is 10.5 Å². The fourth-order valence-corrected chi connectivity index (χ4v) is 1.44. The predicted molar refractivity (Wildman–Crippen MR) is 53.3 cm³/mol. The van der Waals surface area contributed by atoms with E-state index in [1.165, 1.54) is 6.07 Å². The summed E-state index contributed by atoms with van der Waals surface area (Å²) in [7, 11) is 0. The average molecular weight is 208 g/mol. The number of aromatic nitrogens is 2. The van der Waals surface area contributed by atoms with E-state index in [0.717, 1.165) is 25.9 Å². The molecule has 0 saturated carbocycles. The maximum absolute atomic E-state index is 11.5. The summed E-state index contributed by atoms with van der Waals surface area (Å²) in [5, 5.41) is 7.24. The highest BCUT2D eigenvalue weighted by molar-refractivity contribution is 5.70. The summed E-state index contributed by atoms with van der Waals surface area (Å²) in [6.07, 6.45) is 1.69. The van der Waals surface area contributed by atoms with Crippen LogP contribution in [0.4, 0.5) is 10.6 Å². The number of carbonyl (C=O) groups excluding carboxylic acids is 1. The van der Waals surface area contributed by atoms with Gasteiger partial charge in [0, 0.05) is 19.2 Å². The highest BCUT2D eigenvalue weighted by Gasteiger charge is 2.20. The number of hydrogen-bond acceptors (Lipinski definition) is 5. The predicted octanol–water partition coefficient (Wildman–Crippen LogP) is 0.653. The van der Waals surface area contributed by atoms with Gasteiger partial charge < -0.3 is 15.4 Å². The molecule has 0 atom stereocenters. The first-order valence-corrected chi connectivity index (χ1v) is 4.82. The molecular weight excluding hydrogens is 196 g/mol. The van der Waals surface area contributed by atoms with Crippen molar-refractivity contribution in [3.8, 4) is 5.88 Å². The van der Waals surface area contributed by atoms with Crippen molar-refractivity contribution in [3.05, 3.63) is 12.1 Å².